The van der Waals surface area contributed by atoms with E-state index in [9.17, 15) is 10.1 Å². The van der Waals surface area contributed by atoms with Crippen molar-refractivity contribution in [1.82, 2.24) is 0 Å². The highest BCUT2D eigenvalue weighted by atomic mass is 32.1. The zero-order chi connectivity index (χ0) is 17.7. The van der Waals surface area contributed by atoms with Crippen LogP contribution >= 0.6 is 11.3 Å². The number of fused-ring (bicyclic) bond motifs is 5. The number of nitro groups is 1. The molecular weight excluding hydrogens is 342 g/mol. The normalized spacial score (nSPS) is 11.4. The first-order valence-corrected chi connectivity index (χ1v) is 9.12. The van der Waals surface area contributed by atoms with Crippen molar-refractivity contribution in [2.24, 2.45) is 0 Å². The Labute approximate surface area is 153 Å². The van der Waals surface area contributed by atoms with E-state index in [1.54, 1.807) is 29.5 Å². The van der Waals surface area contributed by atoms with Crippen molar-refractivity contribution in [2.45, 2.75) is 0 Å². The topological polar surface area (TPSA) is 43.1 Å². The van der Waals surface area contributed by atoms with E-state index < -0.39 is 0 Å². The second kappa shape index (κ2) is 5.64. The third-order valence-corrected chi connectivity index (χ3v) is 5.99. The summed E-state index contributed by atoms with van der Waals surface area (Å²) >= 11 is 1.79. The smallest absolute Gasteiger partial charge is 0.258 e. The van der Waals surface area contributed by atoms with E-state index in [1.807, 2.05) is 18.2 Å². The molecule has 0 unspecified atom stereocenters. The van der Waals surface area contributed by atoms with Gasteiger partial charge >= 0.3 is 0 Å². The lowest BCUT2D eigenvalue weighted by atomic mass is 9.99. The van der Waals surface area contributed by atoms with E-state index >= 15 is 0 Å². The van der Waals surface area contributed by atoms with E-state index in [0.717, 1.165) is 10.9 Å². The zero-order valence-corrected chi connectivity index (χ0v) is 14.5. The summed E-state index contributed by atoms with van der Waals surface area (Å²) in [5.41, 5.74) is 1.65. The molecule has 0 radical (unpaired) electrons. The van der Waals surface area contributed by atoms with Crippen LogP contribution in [-0.4, -0.2) is 4.92 Å². The Morgan fingerprint density at radius 3 is 2.42 bits per heavy atom. The molecule has 0 amide bonds. The Hall–Kier alpha value is -3.24. The summed E-state index contributed by atoms with van der Waals surface area (Å²) in [5.74, 6) is 0. The highest BCUT2D eigenvalue weighted by molar-refractivity contribution is 7.26. The minimum absolute atomic E-state index is 0.134. The summed E-state index contributed by atoms with van der Waals surface area (Å²) in [5, 5.41) is 16.2. The van der Waals surface area contributed by atoms with Gasteiger partial charge in [-0.2, -0.15) is 0 Å². The summed E-state index contributed by atoms with van der Waals surface area (Å²) in [6.07, 6.45) is 0. The molecule has 0 bridgehead atoms. The molecule has 0 atom stereocenters. The van der Waals surface area contributed by atoms with Crippen molar-refractivity contribution in [3.63, 3.8) is 0 Å². The molecule has 124 valence electrons. The van der Waals surface area contributed by atoms with Gasteiger partial charge in [-0.05, 0) is 34.5 Å². The molecule has 0 aliphatic carbocycles. The van der Waals surface area contributed by atoms with Gasteiger partial charge in [0.2, 0.25) is 0 Å². The van der Waals surface area contributed by atoms with E-state index in [-0.39, 0.29) is 10.6 Å². The Kier molecular flexibility index (Phi) is 3.27. The summed E-state index contributed by atoms with van der Waals surface area (Å²) in [6.45, 7) is 0. The van der Waals surface area contributed by atoms with Gasteiger partial charge in [0.15, 0.2) is 0 Å². The summed E-state index contributed by atoms with van der Waals surface area (Å²) < 4.78 is 2.54. The van der Waals surface area contributed by atoms with Crippen LogP contribution < -0.4 is 0 Å². The van der Waals surface area contributed by atoms with Crippen molar-refractivity contribution in [2.75, 3.05) is 0 Å². The molecule has 5 aromatic rings. The van der Waals surface area contributed by atoms with E-state index in [0.29, 0.717) is 5.56 Å². The second-order valence-corrected chi connectivity index (χ2v) is 7.30. The van der Waals surface area contributed by atoms with Crippen molar-refractivity contribution in [1.29, 1.82) is 0 Å². The van der Waals surface area contributed by atoms with Crippen LogP contribution in [-0.2, 0) is 0 Å². The monoisotopic (exact) mass is 355 g/mol. The molecular formula is C22H13NO2S. The van der Waals surface area contributed by atoms with Gasteiger partial charge in [-0.15, -0.1) is 11.3 Å². The number of thiophene rings is 1. The molecule has 4 aromatic carbocycles. The van der Waals surface area contributed by atoms with E-state index in [4.69, 9.17) is 0 Å². The Morgan fingerprint density at radius 2 is 1.54 bits per heavy atom. The molecule has 1 aromatic heterocycles. The van der Waals surface area contributed by atoms with Crippen LogP contribution in [0.4, 0.5) is 5.69 Å². The molecule has 0 saturated heterocycles. The van der Waals surface area contributed by atoms with Gasteiger partial charge in [-0.3, -0.25) is 10.1 Å². The largest absolute Gasteiger partial charge is 0.277 e. The van der Waals surface area contributed by atoms with Gasteiger partial charge in [0.25, 0.3) is 5.69 Å². The van der Waals surface area contributed by atoms with Gasteiger partial charge in [0.1, 0.15) is 0 Å². The van der Waals surface area contributed by atoms with Gasteiger partial charge in [0.05, 0.1) is 10.5 Å². The average molecular weight is 355 g/mol. The van der Waals surface area contributed by atoms with Crippen LogP contribution in [0.3, 0.4) is 0 Å². The van der Waals surface area contributed by atoms with Gasteiger partial charge in [-0.25, -0.2) is 0 Å². The van der Waals surface area contributed by atoms with Crippen molar-refractivity contribution < 1.29 is 4.92 Å². The molecule has 0 aliphatic heterocycles. The number of para-hydroxylation sites is 1. The van der Waals surface area contributed by atoms with Gasteiger partial charge in [0, 0.05) is 26.2 Å². The first-order valence-electron chi connectivity index (χ1n) is 8.30. The molecule has 4 heteroatoms. The third kappa shape index (κ3) is 2.20. The Balaban J connectivity index is 1.78. The lowest BCUT2D eigenvalue weighted by Gasteiger charge is -2.06. The highest BCUT2D eigenvalue weighted by Crippen LogP contribution is 2.40. The highest BCUT2D eigenvalue weighted by Gasteiger charge is 2.15. The predicted octanol–water partition coefficient (Wildman–Crippen LogP) is 6.78. The van der Waals surface area contributed by atoms with Crippen molar-refractivity contribution in [3.8, 4) is 11.1 Å². The van der Waals surface area contributed by atoms with Crippen molar-refractivity contribution in [3.05, 3.63) is 89.0 Å². The maximum atomic E-state index is 11.3. The third-order valence-electron chi connectivity index (χ3n) is 4.77. The standard InChI is InChI=1S/C22H13NO2S/c24-23(25)20-7-3-1-5-16(20)14-9-11-17-15(13-14)10-12-19-18-6-2-4-8-21(18)26-22(17)19/h1-13H. The van der Waals surface area contributed by atoms with Crippen LogP contribution in [0.1, 0.15) is 0 Å². The molecule has 0 fully saturated rings. The number of benzene rings is 4. The molecule has 0 aliphatic rings. The second-order valence-electron chi connectivity index (χ2n) is 6.25. The molecule has 3 nitrogen and oxygen atoms in total. The molecule has 0 saturated carbocycles. The van der Waals surface area contributed by atoms with Crippen LogP contribution in [0.25, 0.3) is 42.1 Å². The zero-order valence-electron chi connectivity index (χ0n) is 13.7. The lowest BCUT2D eigenvalue weighted by Crippen LogP contribution is -1.91. The van der Waals surface area contributed by atoms with Crippen molar-refractivity contribution >= 4 is 48.0 Å². The quantitative estimate of drug-likeness (QED) is 0.259. The number of hydrogen-bond acceptors (Lipinski definition) is 3. The summed E-state index contributed by atoms with van der Waals surface area (Å²) in [4.78, 5) is 11.0. The lowest BCUT2D eigenvalue weighted by molar-refractivity contribution is -0.384. The number of rotatable bonds is 2. The van der Waals surface area contributed by atoms with Crippen LogP contribution in [0.5, 0.6) is 0 Å². The fourth-order valence-electron chi connectivity index (χ4n) is 3.56. The maximum Gasteiger partial charge on any atom is 0.277 e. The summed E-state index contributed by atoms with van der Waals surface area (Å²) in [7, 11) is 0. The first kappa shape index (κ1) is 15.0. The molecule has 1 heterocycles. The Bertz CT molecular complexity index is 1320. The maximum absolute atomic E-state index is 11.3. The molecule has 26 heavy (non-hydrogen) atoms. The minimum Gasteiger partial charge on any atom is -0.258 e. The van der Waals surface area contributed by atoms with Gasteiger partial charge in [-0.1, -0.05) is 54.6 Å². The van der Waals surface area contributed by atoms with Gasteiger partial charge < -0.3 is 0 Å². The fourth-order valence-corrected chi connectivity index (χ4v) is 4.79. The minimum atomic E-state index is -0.325. The van der Waals surface area contributed by atoms with Crippen LogP contribution in [0, 0.1) is 10.1 Å². The number of nitro benzene ring substituents is 1. The predicted molar refractivity (Wildman–Crippen MR) is 109 cm³/mol. The average Bonchev–Trinajstić information content (AvgIpc) is 3.06. The first-order chi connectivity index (χ1) is 12.7. The molecule has 0 spiro atoms. The number of nitrogens with zero attached hydrogens (tertiary/aromatic N) is 1. The van der Waals surface area contributed by atoms with Crippen LogP contribution in [0.2, 0.25) is 0 Å². The van der Waals surface area contributed by atoms with Crippen LogP contribution in [0.15, 0.2) is 78.9 Å². The molecule has 0 N–H and O–H groups in total. The fraction of sp³-hybridized carbons (Fsp3) is 0. The molecule has 5 rings (SSSR count). The van der Waals surface area contributed by atoms with E-state index in [1.165, 1.54) is 25.6 Å². The summed E-state index contributed by atoms with van der Waals surface area (Å²) in [6, 6.07) is 25.7. The number of hydrogen-bond donors (Lipinski definition) is 0. The Morgan fingerprint density at radius 1 is 0.769 bits per heavy atom. The van der Waals surface area contributed by atoms with E-state index in [2.05, 4.69) is 42.5 Å². The SMILES string of the molecule is O=[N+]([O-])c1ccccc1-c1ccc2c(ccc3c4ccccc4sc23)c1.